The van der Waals surface area contributed by atoms with Crippen molar-refractivity contribution < 1.29 is 13.9 Å². The summed E-state index contributed by atoms with van der Waals surface area (Å²) in [6.45, 7) is 6.66. The summed E-state index contributed by atoms with van der Waals surface area (Å²) in [6.07, 6.45) is 2.79. The van der Waals surface area contributed by atoms with Crippen LogP contribution in [-0.4, -0.2) is 11.9 Å². The SMILES string of the molecule is CCCC(C)(C)OCc1ccc(C=O)o1. The Kier molecular flexibility index (Phi) is 4.09. The normalized spacial score (nSPS) is 11.7. The zero-order valence-corrected chi connectivity index (χ0v) is 9.58. The third-order valence-electron chi connectivity index (χ3n) is 2.26. The van der Waals surface area contributed by atoms with Crippen LogP contribution in [0.2, 0.25) is 0 Å². The molecule has 0 saturated carbocycles. The first-order valence-corrected chi connectivity index (χ1v) is 5.25. The second-order valence-corrected chi connectivity index (χ2v) is 4.22. The van der Waals surface area contributed by atoms with Crippen molar-refractivity contribution in [1.29, 1.82) is 0 Å². The van der Waals surface area contributed by atoms with E-state index in [1.165, 1.54) is 0 Å². The number of carbonyl (C=O) groups excluding carboxylic acids is 1. The zero-order valence-electron chi connectivity index (χ0n) is 9.58. The van der Waals surface area contributed by atoms with Crippen LogP contribution < -0.4 is 0 Å². The summed E-state index contributed by atoms with van der Waals surface area (Å²) in [5.74, 6) is 1.04. The van der Waals surface area contributed by atoms with Gasteiger partial charge < -0.3 is 9.15 Å². The molecular formula is C12H18O3. The third-order valence-corrected chi connectivity index (χ3v) is 2.26. The van der Waals surface area contributed by atoms with Gasteiger partial charge in [-0.2, -0.15) is 0 Å². The van der Waals surface area contributed by atoms with Crippen molar-refractivity contribution in [3.05, 3.63) is 23.7 Å². The predicted molar refractivity (Wildman–Crippen MR) is 57.9 cm³/mol. The number of hydrogen-bond acceptors (Lipinski definition) is 3. The molecule has 0 aromatic carbocycles. The highest BCUT2D eigenvalue weighted by Crippen LogP contribution is 2.19. The Morgan fingerprint density at radius 2 is 2.20 bits per heavy atom. The Morgan fingerprint density at radius 1 is 1.47 bits per heavy atom. The highest BCUT2D eigenvalue weighted by atomic mass is 16.5. The Bertz CT molecular complexity index is 312. The maximum Gasteiger partial charge on any atom is 0.185 e. The Labute approximate surface area is 90.4 Å². The van der Waals surface area contributed by atoms with Crippen LogP contribution in [0.1, 0.15) is 49.9 Å². The lowest BCUT2D eigenvalue weighted by Crippen LogP contribution is -2.23. The fraction of sp³-hybridized carbons (Fsp3) is 0.583. The molecule has 0 saturated heterocycles. The fourth-order valence-electron chi connectivity index (χ4n) is 1.48. The van der Waals surface area contributed by atoms with Gasteiger partial charge in [0.25, 0.3) is 0 Å². The van der Waals surface area contributed by atoms with E-state index in [0.29, 0.717) is 24.4 Å². The molecule has 0 aliphatic heterocycles. The van der Waals surface area contributed by atoms with Gasteiger partial charge in [-0.25, -0.2) is 0 Å². The molecule has 3 nitrogen and oxygen atoms in total. The molecular weight excluding hydrogens is 192 g/mol. The molecule has 0 radical (unpaired) electrons. The first kappa shape index (κ1) is 12.0. The van der Waals surface area contributed by atoms with E-state index >= 15 is 0 Å². The van der Waals surface area contributed by atoms with Crippen molar-refractivity contribution in [3.8, 4) is 0 Å². The topological polar surface area (TPSA) is 39.4 Å². The van der Waals surface area contributed by atoms with Gasteiger partial charge in [0.1, 0.15) is 12.4 Å². The molecule has 0 amide bonds. The van der Waals surface area contributed by atoms with Gasteiger partial charge in [-0.1, -0.05) is 13.3 Å². The van der Waals surface area contributed by atoms with Crippen molar-refractivity contribution in [2.75, 3.05) is 0 Å². The Hall–Kier alpha value is -1.09. The highest BCUT2D eigenvalue weighted by Gasteiger charge is 2.17. The number of ether oxygens (including phenoxy) is 1. The maximum absolute atomic E-state index is 10.4. The summed E-state index contributed by atoms with van der Waals surface area (Å²) in [5, 5.41) is 0. The first-order chi connectivity index (χ1) is 7.07. The lowest BCUT2D eigenvalue weighted by atomic mass is 10.0. The summed E-state index contributed by atoms with van der Waals surface area (Å²) >= 11 is 0. The van der Waals surface area contributed by atoms with Gasteiger partial charge >= 0.3 is 0 Å². The van der Waals surface area contributed by atoms with Crippen LogP contribution in [0, 0.1) is 0 Å². The second-order valence-electron chi connectivity index (χ2n) is 4.22. The van der Waals surface area contributed by atoms with E-state index in [-0.39, 0.29) is 5.60 Å². The monoisotopic (exact) mass is 210 g/mol. The van der Waals surface area contributed by atoms with E-state index in [1.807, 2.05) is 0 Å². The minimum absolute atomic E-state index is 0.136. The predicted octanol–water partition coefficient (Wildman–Crippen LogP) is 3.19. The van der Waals surface area contributed by atoms with Gasteiger partial charge in [0.2, 0.25) is 0 Å². The van der Waals surface area contributed by atoms with Crippen molar-refractivity contribution in [2.24, 2.45) is 0 Å². The number of hydrogen-bond donors (Lipinski definition) is 0. The number of carbonyl (C=O) groups is 1. The molecule has 0 aliphatic rings. The molecule has 3 heteroatoms. The molecule has 0 atom stereocenters. The largest absolute Gasteiger partial charge is 0.456 e. The van der Waals surface area contributed by atoms with E-state index in [1.54, 1.807) is 12.1 Å². The van der Waals surface area contributed by atoms with Gasteiger partial charge in [0.05, 0.1) is 5.60 Å². The Balaban J connectivity index is 2.45. The average Bonchev–Trinajstić information content (AvgIpc) is 2.62. The summed E-state index contributed by atoms with van der Waals surface area (Å²) < 4.78 is 10.9. The van der Waals surface area contributed by atoms with Crippen LogP contribution in [0.3, 0.4) is 0 Å². The molecule has 0 fully saturated rings. The van der Waals surface area contributed by atoms with Gasteiger partial charge in [-0.05, 0) is 32.4 Å². The van der Waals surface area contributed by atoms with Gasteiger partial charge in [-0.3, -0.25) is 4.79 Å². The van der Waals surface area contributed by atoms with Crippen molar-refractivity contribution >= 4 is 6.29 Å². The average molecular weight is 210 g/mol. The molecule has 1 heterocycles. The molecule has 0 unspecified atom stereocenters. The zero-order chi connectivity index (χ0) is 11.3. The first-order valence-electron chi connectivity index (χ1n) is 5.25. The molecule has 1 aromatic heterocycles. The molecule has 84 valence electrons. The number of furan rings is 1. The number of rotatable bonds is 6. The van der Waals surface area contributed by atoms with Crippen molar-refractivity contribution in [3.63, 3.8) is 0 Å². The fourth-order valence-corrected chi connectivity index (χ4v) is 1.48. The lowest BCUT2D eigenvalue weighted by molar-refractivity contribution is -0.0420. The minimum Gasteiger partial charge on any atom is -0.456 e. The third kappa shape index (κ3) is 3.88. The summed E-state index contributed by atoms with van der Waals surface area (Å²) in [6, 6.07) is 3.42. The maximum atomic E-state index is 10.4. The van der Waals surface area contributed by atoms with Crippen LogP contribution >= 0.6 is 0 Å². The Morgan fingerprint density at radius 3 is 2.73 bits per heavy atom. The van der Waals surface area contributed by atoms with Crippen LogP contribution in [-0.2, 0) is 11.3 Å². The molecule has 1 rings (SSSR count). The van der Waals surface area contributed by atoms with E-state index in [4.69, 9.17) is 9.15 Å². The van der Waals surface area contributed by atoms with Gasteiger partial charge in [-0.15, -0.1) is 0 Å². The molecule has 0 N–H and O–H groups in total. The molecule has 1 aromatic rings. The van der Waals surface area contributed by atoms with Crippen molar-refractivity contribution in [1.82, 2.24) is 0 Å². The summed E-state index contributed by atoms with van der Waals surface area (Å²) in [4.78, 5) is 10.4. The quantitative estimate of drug-likeness (QED) is 0.677. The summed E-state index contributed by atoms with van der Waals surface area (Å²) in [7, 11) is 0. The van der Waals surface area contributed by atoms with Crippen LogP contribution in [0.15, 0.2) is 16.5 Å². The molecule has 0 spiro atoms. The van der Waals surface area contributed by atoms with Gasteiger partial charge in [0.15, 0.2) is 12.0 Å². The molecule has 0 bridgehead atoms. The van der Waals surface area contributed by atoms with Crippen LogP contribution in [0.5, 0.6) is 0 Å². The van der Waals surface area contributed by atoms with Crippen LogP contribution in [0.25, 0.3) is 0 Å². The smallest absolute Gasteiger partial charge is 0.185 e. The minimum atomic E-state index is -0.136. The van der Waals surface area contributed by atoms with E-state index in [2.05, 4.69) is 20.8 Å². The highest BCUT2D eigenvalue weighted by molar-refractivity contribution is 5.70. The standard InChI is InChI=1S/C12H18O3/c1-4-7-12(2,3)14-9-11-6-5-10(8-13)15-11/h5-6,8H,4,7,9H2,1-3H3. The molecule has 15 heavy (non-hydrogen) atoms. The van der Waals surface area contributed by atoms with Crippen LogP contribution in [0.4, 0.5) is 0 Å². The molecule has 0 aliphatic carbocycles. The number of aldehydes is 1. The van der Waals surface area contributed by atoms with Crippen molar-refractivity contribution in [2.45, 2.75) is 45.8 Å². The van der Waals surface area contributed by atoms with E-state index in [9.17, 15) is 4.79 Å². The van der Waals surface area contributed by atoms with Gasteiger partial charge in [0, 0.05) is 0 Å². The second kappa shape index (κ2) is 5.12. The lowest BCUT2D eigenvalue weighted by Gasteiger charge is -2.24. The summed E-state index contributed by atoms with van der Waals surface area (Å²) in [5.41, 5.74) is -0.136. The van der Waals surface area contributed by atoms with E-state index < -0.39 is 0 Å². The van der Waals surface area contributed by atoms with E-state index in [0.717, 1.165) is 12.8 Å².